The number of amides is 1. The Kier molecular flexibility index (Phi) is 5.23. The number of rotatable bonds is 5. The number of hydrogen-bond acceptors (Lipinski definition) is 2. The van der Waals surface area contributed by atoms with Crippen molar-refractivity contribution < 1.29 is 9.53 Å². The number of aryl methyl sites for hydroxylation is 2. The highest BCUT2D eigenvalue weighted by Crippen LogP contribution is 2.20. The predicted molar refractivity (Wildman–Crippen MR) is 86.1 cm³/mol. The van der Waals surface area contributed by atoms with E-state index in [0.29, 0.717) is 17.9 Å². The van der Waals surface area contributed by atoms with Crippen LogP contribution < -0.4 is 10.1 Å². The zero-order valence-corrected chi connectivity index (χ0v) is 12.9. The predicted octanol–water partition coefficient (Wildman–Crippen LogP) is 4.23. The molecule has 1 amide bonds. The smallest absolute Gasteiger partial charge is 0.224 e. The van der Waals surface area contributed by atoms with E-state index in [0.717, 1.165) is 22.6 Å². The van der Waals surface area contributed by atoms with Gasteiger partial charge in [0.05, 0.1) is 7.11 Å². The summed E-state index contributed by atoms with van der Waals surface area (Å²) in [4.78, 5) is 12.0. The molecule has 110 valence electrons. The van der Waals surface area contributed by atoms with Gasteiger partial charge in [-0.05, 0) is 54.8 Å². The first-order valence-corrected chi connectivity index (χ1v) is 7.15. The van der Waals surface area contributed by atoms with Gasteiger partial charge in [0, 0.05) is 17.1 Å². The van der Waals surface area contributed by atoms with E-state index < -0.39 is 0 Å². The Morgan fingerprint density at radius 3 is 2.52 bits per heavy atom. The average molecular weight is 304 g/mol. The van der Waals surface area contributed by atoms with E-state index in [1.807, 2.05) is 43.3 Å². The number of anilines is 1. The first kappa shape index (κ1) is 15.4. The van der Waals surface area contributed by atoms with Crippen molar-refractivity contribution in [3.63, 3.8) is 0 Å². The first-order valence-electron chi connectivity index (χ1n) is 6.77. The second kappa shape index (κ2) is 7.14. The first-order chi connectivity index (χ1) is 10.1. The van der Waals surface area contributed by atoms with Crippen molar-refractivity contribution in [2.75, 3.05) is 12.4 Å². The third-order valence-electron chi connectivity index (χ3n) is 3.26. The molecule has 0 heterocycles. The highest BCUT2D eigenvalue weighted by atomic mass is 35.5. The molecule has 2 aromatic carbocycles. The average Bonchev–Trinajstić information content (AvgIpc) is 2.48. The molecular weight excluding hydrogens is 286 g/mol. The highest BCUT2D eigenvalue weighted by Gasteiger charge is 2.06. The van der Waals surface area contributed by atoms with E-state index >= 15 is 0 Å². The van der Waals surface area contributed by atoms with E-state index in [4.69, 9.17) is 16.3 Å². The molecule has 0 atom stereocenters. The second-order valence-corrected chi connectivity index (χ2v) is 5.29. The normalized spacial score (nSPS) is 10.2. The van der Waals surface area contributed by atoms with E-state index in [1.165, 1.54) is 0 Å². The largest absolute Gasteiger partial charge is 0.497 e. The van der Waals surface area contributed by atoms with Gasteiger partial charge in [0.15, 0.2) is 0 Å². The molecule has 0 aromatic heterocycles. The van der Waals surface area contributed by atoms with Gasteiger partial charge in [-0.25, -0.2) is 0 Å². The summed E-state index contributed by atoms with van der Waals surface area (Å²) >= 11 is 5.90. The third kappa shape index (κ3) is 4.50. The summed E-state index contributed by atoms with van der Waals surface area (Å²) in [5.41, 5.74) is 2.87. The number of methoxy groups -OCH3 is 1. The summed E-state index contributed by atoms with van der Waals surface area (Å²) < 4.78 is 5.11. The van der Waals surface area contributed by atoms with Crippen LogP contribution in [0.25, 0.3) is 0 Å². The lowest BCUT2D eigenvalue weighted by molar-refractivity contribution is -0.116. The Balaban J connectivity index is 1.89. The maximum Gasteiger partial charge on any atom is 0.224 e. The third-order valence-corrected chi connectivity index (χ3v) is 3.50. The van der Waals surface area contributed by atoms with Gasteiger partial charge in [-0.15, -0.1) is 0 Å². The molecule has 0 fully saturated rings. The van der Waals surface area contributed by atoms with Crippen molar-refractivity contribution in [1.29, 1.82) is 0 Å². The van der Waals surface area contributed by atoms with Crippen LogP contribution in [-0.4, -0.2) is 13.0 Å². The maximum atomic E-state index is 12.0. The Hall–Kier alpha value is -2.00. The number of hydrogen-bond donors (Lipinski definition) is 1. The molecule has 2 rings (SSSR count). The molecule has 0 bridgehead atoms. The molecule has 0 saturated carbocycles. The quantitative estimate of drug-likeness (QED) is 0.897. The molecular formula is C17H18ClNO2. The van der Waals surface area contributed by atoms with Crippen LogP contribution in [0.4, 0.5) is 5.69 Å². The van der Waals surface area contributed by atoms with Gasteiger partial charge in [0.2, 0.25) is 5.91 Å². The van der Waals surface area contributed by atoms with Crippen molar-refractivity contribution >= 4 is 23.2 Å². The van der Waals surface area contributed by atoms with E-state index in [-0.39, 0.29) is 5.91 Å². The fourth-order valence-corrected chi connectivity index (χ4v) is 2.26. The molecule has 1 N–H and O–H groups in total. The van der Waals surface area contributed by atoms with Crippen LogP contribution in [-0.2, 0) is 11.2 Å². The van der Waals surface area contributed by atoms with Crippen LogP contribution >= 0.6 is 11.6 Å². The molecule has 0 unspecified atom stereocenters. The maximum absolute atomic E-state index is 12.0. The number of halogens is 1. The summed E-state index contributed by atoms with van der Waals surface area (Å²) in [6.45, 7) is 1.92. The van der Waals surface area contributed by atoms with Gasteiger partial charge in [-0.3, -0.25) is 4.79 Å². The molecule has 0 aliphatic carbocycles. The van der Waals surface area contributed by atoms with Crippen molar-refractivity contribution in [2.24, 2.45) is 0 Å². The van der Waals surface area contributed by atoms with E-state index in [2.05, 4.69) is 5.32 Å². The Morgan fingerprint density at radius 1 is 1.19 bits per heavy atom. The lowest BCUT2D eigenvalue weighted by atomic mass is 10.1. The molecule has 0 aliphatic heterocycles. The summed E-state index contributed by atoms with van der Waals surface area (Å²) in [6, 6.07) is 13.2. The van der Waals surface area contributed by atoms with Crippen LogP contribution in [0.15, 0.2) is 42.5 Å². The van der Waals surface area contributed by atoms with Crippen LogP contribution in [0.5, 0.6) is 5.75 Å². The molecule has 0 saturated heterocycles. The van der Waals surface area contributed by atoms with Crippen LogP contribution in [0.2, 0.25) is 5.02 Å². The molecule has 4 heteroatoms. The van der Waals surface area contributed by atoms with Crippen molar-refractivity contribution in [2.45, 2.75) is 19.8 Å². The Morgan fingerprint density at radius 2 is 1.90 bits per heavy atom. The highest BCUT2D eigenvalue weighted by molar-refractivity contribution is 6.30. The molecule has 0 radical (unpaired) electrons. The SMILES string of the molecule is COc1ccc(CCC(=O)Nc2ccc(Cl)cc2C)cc1. The number of carbonyl (C=O) groups is 1. The monoisotopic (exact) mass is 303 g/mol. The minimum Gasteiger partial charge on any atom is -0.497 e. The molecule has 0 spiro atoms. The van der Waals surface area contributed by atoms with Crippen LogP contribution in [0, 0.1) is 6.92 Å². The van der Waals surface area contributed by atoms with Gasteiger partial charge in [0.25, 0.3) is 0 Å². The Bertz CT molecular complexity index is 623. The summed E-state index contributed by atoms with van der Waals surface area (Å²) in [6.07, 6.45) is 1.14. The lowest BCUT2D eigenvalue weighted by Crippen LogP contribution is -2.13. The molecule has 2 aromatic rings. The van der Waals surface area contributed by atoms with E-state index in [1.54, 1.807) is 13.2 Å². The van der Waals surface area contributed by atoms with Gasteiger partial charge < -0.3 is 10.1 Å². The topological polar surface area (TPSA) is 38.3 Å². The van der Waals surface area contributed by atoms with Crippen molar-refractivity contribution in [1.82, 2.24) is 0 Å². The van der Waals surface area contributed by atoms with Crippen molar-refractivity contribution in [3.8, 4) is 5.75 Å². The number of carbonyl (C=O) groups excluding carboxylic acids is 1. The zero-order chi connectivity index (χ0) is 15.2. The minimum atomic E-state index is -0.00348. The second-order valence-electron chi connectivity index (χ2n) is 4.86. The number of ether oxygens (including phenoxy) is 1. The lowest BCUT2D eigenvalue weighted by Gasteiger charge is -2.09. The minimum absolute atomic E-state index is 0.00348. The summed E-state index contributed by atoms with van der Waals surface area (Å²) in [5, 5.41) is 3.58. The summed E-state index contributed by atoms with van der Waals surface area (Å²) in [5.74, 6) is 0.816. The van der Waals surface area contributed by atoms with Gasteiger partial charge >= 0.3 is 0 Å². The Labute approximate surface area is 129 Å². The molecule has 0 aliphatic rings. The van der Waals surface area contributed by atoms with E-state index in [9.17, 15) is 4.79 Å². The van der Waals surface area contributed by atoms with Gasteiger partial charge in [0.1, 0.15) is 5.75 Å². The van der Waals surface area contributed by atoms with Gasteiger partial charge in [-0.2, -0.15) is 0 Å². The fraction of sp³-hybridized carbons (Fsp3) is 0.235. The summed E-state index contributed by atoms with van der Waals surface area (Å²) in [7, 11) is 1.64. The number of benzene rings is 2. The number of nitrogens with one attached hydrogen (secondary N) is 1. The van der Waals surface area contributed by atoms with Crippen LogP contribution in [0.3, 0.4) is 0 Å². The van der Waals surface area contributed by atoms with Crippen molar-refractivity contribution in [3.05, 3.63) is 58.6 Å². The molecule has 3 nitrogen and oxygen atoms in total. The molecule has 21 heavy (non-hydrogen) atoms. The van der Waals surface area contributed by atoms with Gasteiger partial charge in [-0.1, -0.05) is 23.7 Å². The standard InChI is InChI=1S/C17H18ClNO2/c1-12-11-14(18)6-9-16(12)19-17(20)10-5-13-3-7-15(21-2)8-4-13/h3-4,6-9,11H,5,10H2,1-2H3,(H,19,20). The fourth-order valence-electron chi connectivity index (χ4n) is 2.03. The van der Waals surface area contributed by atoms with Crippen LogP contribution in [0.1, 0.15) is 17.5 Å². The zero-order valence-electron chi connectivity index (χ0n) is 12.2.